The molecule has 0 aliphatic carbocycles. The molecule has 0 heterocycles. The van der Waals surface area contributed by atoms with E-state index in [1.54, 1.807) is 38.3 Å². The summed E-state index contributed by atoms with van der Waals surface area (Å²) in [7, 11) is 1.55. The Morgan fingerprint density at radius 2 is 2.31 bits per heavy atom. The predicted molar refractivity (Wildman–Crippen MR) is 60.5 cm³/mol. The highest BCUT2D eigenvalue weighted by Gasteiger charge is 2.17. The van der Waals surface area contributed by atoms with Crippen molar-refractivity contribution in [1.82, 2.24) is 0 Å². The third-order valence-corrected chi connectivity index (χ3v) is 2.05. The molecule has 1 aromatic carbocycles. The number of hydrogen-bond donors (Lipinski definition) is 1. The summed E-state index contributed by atoms with van der Waals surface area (Å²) in [6.45, 7) is 1.74. The highest BCUT2D eigenvalue weighted by Crippen LogP contribution is 2.16. The van der Waals surface area contributed by atoms with Crippen molar-refractivity contribution in [3.8, 4) is 5.75 Å². The zero-order valence-electron chi connectivity index (χ0n) is 9.23. The molecule has 0 bridgehead atoms. The van der Waals surface area contributed by atoms with Gasteiger partial charge in [0.05, 0.1) is 13.5 Å². The number of nitrogens with one attached hydrogen (secondary N) is 1. The topological polar surface area (TPSA) is 74.7 Å². The van der Waals surface area contributed by atoms with E-state index in [0.29, 0.717) is 17.9 Å². The van der Waals surface area contributed by atoms with Crippen LogP contribution < -0.4 is 10.1 Å². The standard InChI is InChI=1S/C11H13N3O2/c1-3-10(14-12)11(15)13-8-5-4-6-9(7-8)16-2/h4-7H,3H2,1-2H3,(H,13,15). The maximum Gasteiger partial charge on any atom is 0.355 e. The zero-order valence-corrected chi connectivity index (χ0v) is 9.23. The number of anilines is 1. The van der Waals surface area contributed by atoms with Crippen molar-refractivity contribution < 1.29 is 14.3 Å². The predicted octanol–water partition coefficient (Wildman–Crippen LogP) is 1.71. The summed E-state index contributed by atoms with van der Waals surface area (Å²) in [6.07, 6.45) is 0.367. The van der Waals surface area contributed by atoms with Gasteiger partial charge in [-0.1, -0.05) is 13.0 Å². The maximum absolute atomic E-state index is 11.5. The third-order valence-electron chi connectivity index (χ3n) is 2.05. The van der Waals surface area contributed by atoms with E-state index in [4.69, 9.17) is 10.3 Å². The van der Waals surface area contributed by atoms with Crippen molar-refractivity contribution >= 4 is 17.3 Å². The average molecular weight is 219 g/mol. The van der Waals surface area contributed by atoms with Gasteiger partial charge in [0.15, 0.2) is 0 Å². The van der Waals surface area contributed by atoms with E-state index >= 15 is 0 Å². The molecule has 16 heavy (non-hydrogen) atoms. The Balaban J connectivity index is 2.80. The SMILES string of the molecule is CCC(=[N+]=[N-])C(=O)Nc1cccc(OC)c1. The number of hydrogen-bond acceptors (Lipinski definition) is 2. The lowest BCUT2D eigenvalue weighted by Gasteiger charge is -2.04. The van der Waals surface area contributed by atoms with Gasteiger partial charge in [-0.25, -0.2) is 0 Å². The van der Waals surface area contributed by atoms with Crippen LogP contribution in [0.25, 0.3) is 5.53 Å². The fraction of sp³-hybridized carbons (Fsp3) is 0.273. The van der Waals surface area contributed by atoms with Gasteiger partial charge in [0, 0.05) is 11.8 Å². The first-order valence-electron chi connectivity index (χ1n) is 4.87. The van der Waals surface area contributed by atoms with Gasteiger partial charge >= 0.3 is 11.6 Å². The third kappa shape index (κ3) is 2.93. The summed E-state index contributed by atoms with van der Waals surface area (Å²) in [4.78, 5) is 14.5. The van der Waals surface area contributed by atoms with Crippen LogP contribution in [-0.2, 0) is 4.79 Å². The van der Waals surface area contributed by atoms with Crippen molar-refractivity contribution in [3.05, 3.63) is 29.8 Å². The summed E-state index contributed by atoms with van der Waals surface area (Å²) in [5.74, 6) is 0.232. The molecule has 1 aromatic rings. The van der Waals surface area contributed by atoms with Crippen molar-refractivity contribution in [2.75, 3.05) is 12.4 Å². The van der Waals surface area contributed by atoms with Crippen LogP contribution in [-0.4, -0.2) is 23.5 Å². The van der Waals surface area contributed by atoms with E-state index in [-0.39, 0.29) is 5.71 Å². The normalized spacial score (nSPS) is 9.12. The molecule has 0 spiro atoms. The number of benzene rings is 1. The molecule has 1 amide bonds. The Labute approximate surface area is 93.7 Å². The van der Waals surface area contributed by atoms with Crippen LogP contribution in [0.4, 0.5) is 5.69 Å². The van der Waals surface area contributed by atoms with Crippen LogP contribution in [0.1, 0.15) is 13.3 Å². The second-order valence-corrected chi connectivity index (χ2v) is 3.09. The number of nitrogens with zero attached hydrogens (tertiary/aromatic N) is 2. The van der Waals surface area contributed by atoms with Crippen LogP contribution in [0.5, 0.6) is 5.75 Å². The molecule has 0 saturated carbocycles. The fourth-order valence-corrected chi connectivity index (χ4v) is 1.18. The molecular formula is C11H13N3O2. The largest absolute Gasteiger partial charge is 0.497 e. The number of methoxy groups -OCH3 is 1. The summed E-state index contributed by atoms with van der Waals surface area (Å²) in [5, 5.41) is 2.61. The maximum atomic E-state index is 11.5. The summed E-state index contributed by atoms with van der Waals surface area (Å²) >= 11 is 0. The van der Waals surface area contributed by atoms with Crippen molar-refractivity contribution in [3.63, 3.8) is 0 Å². The molecular weight excluding hydrogens is 206 g/mol. The van der Waals surface area contributed by atoms with Gasteiger partial charge in [-0.15, -0.1) is 0 Å². The molecule has 84 valence electrons. The first kappa shape index (κ1) is 11.9. The molecule has 1 rings (SSSR count). The van der Waals surface area contributed by atoms with Gasteiger partial charge in [0.1, 0.15) is 5.75 Å². The number of rotatable bonds is 4. The van der Waals surface area contributed by atoms with Crippen LogP contribution in [0.2, 0.25) is 0 Å². The molecule has 0 aliphatic rings. The number of carbonyl (C=O) groups is 1. The zero-order chi connectivity index (χ0) is 12.0. The summed E-state index contributed by atoms with van der Waals surface area (Å²) in [5.41, 5.74) is 9.26. The van der Waals surface area contributed by atoms with Gasteiger partial charge in [-0.2, -0.15) is 4.79 Å². The molecule has 0 aromatic heterocycles. The Bertz CT molecular complexity index is 437. The number of ether oxygens (including phenoxy) is 1. The molecule has 0 atom stereocenters. The van der Waals surface area contributed by atoms with Crippen LogP contribution in [0, 0.1) is 0 Å². The lowest BCUT2D eigenvalue weighted by Crippen LogP contribution is -2.22. The molecule has 0 fully saturated rings. The molecule has 0 saturated heterocycles. The highest BCUT2D eigenvalue weighted by atomic mass is 16.5. The van der Waals surface area contributed by atoms with Crippen molar-refractivity contribution in [1.29, 1.82) is 0 Å². The van der Waals surface area contributed by atoms with Crippen molar-refractivity contribution in [2.45, 2.75) is 13.3 Å². The molecule has 0 unspecified atom stereocenters. The second kappa shape index (κ2) is 5.68. The quantitative estimate of drug-likeness (QED) is 0.475. The molecule has 5 nitrogen and oxygen atoms in total. The van der Waals surface area contributed by atoms with Gasteiger partial charge < -0.3 is 15.6 Å². The smallest absolute Gasteiger partial charge is 0.355 e. The fourth-order valence-electron chi connectivity index (χ4n) is 1.18. The van der Waals surface area contributed by atoms with Crippen molar-refractivity contribution in [2.24, 2.45) is 0 Å². The first-order valence-corrected chi connectivity index (χ1v) is 4.87. The second-order valence-electron chi connectivity index (χ2n) is 3.09. The Morgan fingerprint density at radius 1 is 1.56 bits per heavy atom. The lowest BCUT2D eigenvalue weighted by atomic mass is 10.2. The average Bonchev–Trinajstić information content (AvgIpc) is 2.31. The van der Waals surface area contributed by atoms with Gasteiger partial charge in [0.2, 0.25) is 0 Å². The molecule has 5 heteroatoms. The van der Waals surface area contributed by atoms with Crippen LogP contribution in [0.3, 0.4) is 0 Å². The van der Waals surface area contributed by atoms with E-state index in [1.807, 2.05) is 0 Å². The minimum Gasteiger partial charge on any atom is -0.497 e. The van der Waals surface area contributed by atoms with E-state index in [2.05, 4.69) is 10.1 Å². The highest BCUT2D eigenvalue weighted by molar-refractivity contribution is 6.40. The molecule has 1 N–H and O–H groups in total. The van der Waals surface area contributed by atoms with Gasteiger partial charge in [0.25, 0.3) is 0 Å². The minimum absolute atomic E-state index is 0.0859. The Hall–Kier alpha value is -2.13. The summed E-state index contributed by atoms with van der Waals surface area (Å²) < 4.78 is 5.02. The first-order chi connectivity index (χ1) is 7.71. The molecule has 0 radical (unpaired) electrons. The molecule has 0 aliphatic heterocycles. The van der Waals surface area contributed by atoms with E-state index in [9.17, 15) is 4.79 Å². The van der Waals surface area contributed by atoms with Crippen LogP contribution >= 0.6 is 0 Å². The summed E-state index contributed by atoms with van der Waals surface area (Å²) in [6, 6.07) is 6.94. The monoisotopic (exact) mass is 219 g/mol. The van der Waals surface area contributed by atoms with E-state index in [0.717, 1.165) is 0 Å². The van der Waals surface area contributed by atoms with Gasteiger partial charge in [-0.3, -0.25) is 4.79 Å². The van der Waals surface area contributed by atoms with E-state index in [1.165, 1.54) is 0 Å². The number of carbonyl (C=O) groups excluding carboxylic acids is 1. The lowest BCUT2D eigenvalue weighted by molar-refractivity contribution is -0.114. The Kier molecular flexibility index (Phi) is 4.24. The Morgan fingerprint density at radius 3 is 2.88 bits per heavy atom. The number of amides is 1. The van der Waals surface area contributed by atoms with Gasteiger partial charge in [-0.05, 0) is 12.1 Å². The van der Waals surface area contributed by atoms with Crippen LogP contribution in [0.15, 0.2) is 24.3 Å². The minimum atomic E-state index is -0.418. The van der Waals surface area contributed by atoms with E-state index < -0.39 is 5.91 Å².